The van der Waals surface area contributed by atoms with Gasteiger partial charge in [-0.05, 0) is 104 Å². The summed E-state index contributed by atoms with van der Waals surface area (Å²) in [6.45, 7) is 0.607. The van der Waals surface area contributed by atoms with E-state index < -0.39 is 17.9 Å². The molecule has 0 aromatic heterocycles. The minimum Gasteiger partial charge on any atom is -0.508 e. The topological polar surface area (TPSA) is 116 Å². The fourth-order valence-corrected chi connectivity index (χ4v) is 7.15. The fraction of sp³-hybridized carbons (Fsp3) is 0.483. The molecule has 36 heavy (non-hydrogen) atoms. The first-order chi connectivity index (χ1) is 17.3. The molecule has 4 N–H and O–H groups in total. The van der Waals surface area contributed by atoms with Crippen molar-refractivity contribution in [1.29, 1.82) is 0 Å². The van der Waals surface area contributed by atoms with Crippen LogP contribution in [0, 0.1) is 23.2 Å². The molecule has 4 bridgehead atoms. The van der Waals surface area contributed by atoms with Crippen LogP contribution in [0.4, 0.5) is 0 Å². The molecule has 7 nitrogen and oxygen atoms in total. The molecule has 0 radical (unpaired) electrons. The minimum atomic E-state index is -0.999. The number of carboxylic acids is 1. The number of rotatable bonds is 9. The van der Waals surface area contributed by atoms with Crippen molar-refractivity contribution in [3.8, 4) is 16.9 Å². The predicted molar refractivity (Wildman–Crippen MR) is 135 cm³/mol. The van der Waals surface area contributed by atoms with E-state index >= 15 is 0 Å². The lowest BCUT2D eigenvalue weighted by atomic mass is 9.49. The maximum atomic E-state index is 13.1. The summed E-state index contributed by atoms with van der Waals surface area (Å²) in [6, 6.07) is 12.9. The van der Waals surface area contributed by atoms with E-state index in [0.29, 0.717) is 12.1 Å². The van der Waals surface area contributed by atoms with Crippen LogP contribution in [0.25, 0.3) is 11.1 Å². The number of phenols is 1. The maximum Gasteiger partial charge on any atom is 0.303 e. The summed E-state index contributed by atoms with van der Waals surface area (Å²) in [6.07, 6.45) is 7.33. The van der Waals surface area contributed by atoms with Crippen LogP contribution in [-0.4, -0.2) is 40.6 Å². The van der Waals surface area contributed by atoms with E-state index in [0.717, 1.165) is 28.9 Å². The van der Waals surface area contributed by atoms with Crippen molar-refractivity contribution in [2.75, 3.05) is 6.54 Å². The lowest BCUT2D eigenvalue weighted by Gasteiger charge is -2.57. The Morgan fingerprint density at radius 3 is 1.92 bits per heavy atom. The Balaban J connectivity index is 1.22. The lowest BCUT2D eigenvalue weighted by molar-refractivity contribution is -0.137. The highest BCUT2D eigenvalue weighted by molar-refractivity contribution is 5.98. The van der Waals surface area contributed by atoms with E-state index in [1.165, 1.54) is 38.5 Å². The summed E-state index contributed by atoms with van der Waals surface area (Å²) in [5.74, 6) is 0.805. The molecule has 0 heterocycles. The third kappa shape index (κ3) is 5.40. The normalized spacial score (nSPS) is 26.8. The Bertz CT molecular complexity index is 1090. The Morgan fingerprint density at radius 1 is 0.861 bits per heavy atom. The number of carbonyl (C=O) groups is 3. The summed E-state index contributed by atoms with van der Waals surface area (Å²) < 4.78 is 0. The predicted octanol–water partition coefficient (Wildman–Crippen LogP) is 4.36. The molecule has 4 aliphatic carbocycles. The highest BCUT2D eigenvalue weighted by Gasteiger charge is 2.50. The van der Waals surface area contributed by atoms with Crippen molar-refractivity contribution in [3.05, 3.63) is 54.1 Å². The Labute approximate surface area is 211 Å². The highest BCUT2D eigenvalue weighted by Crippen LogP contribution is 2.59. The number of hydrogen-bond donors (Lipinski definition) is 4. The molecule has 0 aliphatic heterocycles. The summed E-state index contributed by atoms with van der Waals surface area (Å²) in [5.41, 5.74) is 2.35. The van der Waals surface area contributed by atoms with Gasteiger partial charge in [0.1, 0.15) is 11.8 Å². The van der Waals surface area contributed by atoms with Gasteiger partial charge in [0.05, 0.1) is 0 Å². The van der Waals surface area contributed by atoms with Crippen molar-refractivity contribution < 1.29 is 24.6 Å². The summed E-state index contributed by atoms with van der Waals surface area (Å²) in [4.78, 5) is 37.3. The molecule has 6 rings (SSSR count). The zero-order valence-corrected chi connectivity index (χ0v) is 20.4. The number of nitrogens with one attached hydrogen (secondary N) is 2. The van der Waals surface area contributed by atoms with Gasteiger partial charge in [-0.3, -0.25) is 14.4 Å². The van der Waals surface area contributed by atoms with Crippen LogP contribution in [-0.2, 0) is 9.59 Å². The summed E-state index contributed by atoms with van der Waals surface area (Å²) >= 11 is 0. The second-order valence-electron chi connectivity index (χ2n) is 11.2. The van der Waals surface area contributed by atoms with Crippen LogP contribution in [0.3, 0.4) is 0 Å². The van der Waals surface area contributed by atoms with Crippen LogP contribution in [0.5, 0.6) is 5.75 Å². The first kappa shape index (κ1) is 24.3. The lowest BCUT2D eigenvalue weighted by Crippen LogP contribution is -2.54. The van der Waals surface area contributed by atoms with Crippen molar-refractivity contribution in [2.45, 2.75) is 57.4 Å². The second-order valence-corrected chi connectivity index (χ2v) is 11.2. The average Bonchev–Trinajstić information content (AvgIpc) is 2.84. The molecule has 190 valence electrons. The van der Waals surface area contributed by atoms with Gasteiger partial charge < -0.3 is 20.8 Å². The number of carbonyl (C=O) groups excluding carboxylic acids is 2. The Morgan fingerprint density at radius 2 is 1.39 bits per heavy atom. The molecule has 1 atom stereocenters. The van der Waals surface area contributed by atoms with Gasteiger partial charge in [-0.2, -0.15) is 0 Å². The Hall–Kier alpha value is -3.35. The fourth-order valence-electron chi connectivity index (χ4n) is 7.15. The number of carboxylic acid groups (broad SMARTS) is 1. The number of hydrogen-bond acceptors (Lipinski definition) is 4. The zero-order valence-electron chi connectivity index (χ0n) is 20.4. The largest absolute Gasteiger partial charge is 0.508 e. The molecular formula is C29H34N2O5. The van der Waals surface area contributed by atoms with Crippen molar-refractivity contribution in [3.63, 3.8) is 0 Å². The van der Waals surface area contributed by atoms with Gasteiger partial charge in [0.25, 0.3) is 5.91 Å². The number of aliphatic carboxylic acids is 1. The van der Waals surface area contributed by atoms with Gasteiger partial charge in [0, 0.05) is 18.5 Å². The molecule has 0 saturated heterocycles. The van der Waals surface area contributed by atoms with Crippen LogP contribution >= 0.6 is 0 Å². The molecule has 2 aromatic carbocycles. The van der Waals surface area contributed by atoms with Gasteiger partial charge in [-0.1, -0.05) is 24.3 Å². The van der Waals surface area contributed by atoms with Crippen molar-refractivity contribution in [2.24, 2.45) is 23.2 Å². The van der Waals surface area contributed by atoms with Crippen LogP contribution in [0.15, 0.2) is 48.5 Å². The van der Waals surface area contributed by atoms with Crippen LogP contribution < -0.4 is 10.6 Å². The number of benzene rings is 2. The molecule has 0 unspecified atom stereocenters. The maximum absolute atomic E-state index is 13.1. The van der Waals surface area contributed by atoms with Gasteiger partial charge in [0.2, 0.25) is 5.91 Å². The van der Waals surface area contributed by atoms with E-state index in [2.05, 4.69) is 10.6 Å². The average molecular weight is 491 g/mol. The zero-order chi connectivity index (χ0) is 25.3. The monoisotopic (exact) mass is 490 g/mol. The first-order valence-electron chi connectivity index (χ1n) is 13.0. The van der Waals surface area contributed by atoms with Gasteiger partial charge in [0.15, 0.2) is 0 Å². The number of amides is 2. The van der Waals surface area contributed by atoms with E-state index in [-0.39, 0.29) is 29.9 Å². The highest BCUT2D eigenvalue weighted by atomic mass is 16.4. The number of phenolic OH excluding ortho intramolecular Hbond substituents is 1. The molecule has 4 aliphatic rings. The molecule has 0 spiro atoms. The molecular weight excluding hydrogens is 456 g/mol. The van der Waals surface area contributed by atoms with Crippen LogP contribution in [0.2, 0.25) is 0 Å². The first-order valence-corrected chi connectivity index (χ1v) is 13.0. The molecule has 4 fully saturated rings. The third-order valence-electron chi connectivity index (χ3n) is 8.42. The van der Waals surface area contributed by atoms with Crippen molar-refractivity contribution in [1.82, 2.24) is 10.6 Å². The molecule has 2 aromatic rings. The standard InChI is InChI=1S/C29H34N2O5/c32-24-7-5-22(6-8-24)21-1-3-23(4-2-21)27(35)31-25(9-10-26(33)34)28(36)30-17-29-14-18-11-19(15-29)13-20(12-18)16-29/h1-8,18-20,25,32H,9-17H2,(H,30,36)(H,31,35)(H,33,34)/t18?,19?,20?,25-,29?/m0/s1. The number of aromatic hydroxyl groups is 1. The van der Waals surface area contributed by atoms with Gasteiger partial charge in [-0.15, -0.1) is 0 Å². The summed E-state index contributed by atoms with van der Waals surface area (Å²) in [7, 11) is 0. The molecule has 2 amide bonds. The Kier molecular flexibility index (Phi) is 6.73. The summed E-state index contributed by atoms with van der Waals surface area (Å²) in [5, 5.41) is 24.5. The SMILES string of the molecule is O=C(O)CC[C@H](NC(=O)c1ccc(-c2ccc(O)cc2)cc1)C(=O)NCC12CC3CC(CC(C3)C1)C2. The van der Waals surface area contributed by atoms with Gasteiger partial charge in [-0.25, -0.2) is 0 Å². The van der Waals surface area contributed by atoms with Crippen LogP contribution in [0.1, 0.15) is 61.7 Å². The molecule has 4 saturated carbocycles. The molecule has 7 heteroatoms. The minimum absolute atomic E-state index is 0.0410. The van der Waals surface area contributed by atoms with E-state index in [4.69, 9.17) is 0 Å². The third-order valence-corrected chi connectivity index (χ3v) is 8.42. The van der Waals surface area contributed by atoms with E-state index in [1.807, 2.05) is 0 Å². The van der Waals surface area contributed by atoms with E-state index in [9.17, 15) is 24.6 Å². The second kappa shape index (κ2) is 9.96. The van der Waals surface area contributed by atoms with E-state index in [1.54, 1.807) is 48.5 Å². The smallest absolute Gasteiger partial charge is 0.303 e. The van der Waals surface area contributed by atoms with Gasteiger partial charge >= 0.3 is 5.97 Å². The quantitative estimate of drug-likeness (QED) is 0.417. The van der Waals surface area contributed by atoms with Crippen molar-refractivity contribution >= 4 is 17.8 Å².